The largest absolute Gasteiger partial charge is 0.497 e. The van der Waals surface area contributed by atoms with Crippen LogP contribution in [0, 0.1) is 0 Å². The van der Waals surface area contributed by atoms with Gasteiger partial charge in [-0.1, -0.05) is 13.3 Å². The van der Waals surface area contributed by atoms with E-state index in [9.17, 15) is 0 Å². The Balaban J connectivity index is 2.29. The normalized spacial score (nSPS) is 10.8. The fourth-order valence-corrected chi connectivity index (χ4v) is 1.63. The van der Waals surface area contributed by atoms with Crippen LogP contribution in [0.1, 0.15) is 25.5 Å². The number of hydrogen-bond donors (Lipinski definition) is 0. The van der Waals surface area contributed by atoms with E-state index in [4.69, 9.17) is 4.74 Å². The highest BCUT2D eigenvalue weighted by Crippen LogP contribution is 2.15. The third-order valence-corrected chi connectivity index (χ3v) is 2.51. The quantitative estimate of drug-likeness (QED) is 0.765. The van der Waals surface area contributed by atoms with Gasteiger partial charge >= 0.3 is 0 Å². The molecule has 0 aliphatic carbocycles. The third kappa shape index (κ3) is 2.12. The van der Waals surface area contributed by atoms with Gasteiger partial charge in [0.05, 0.1) is 18.3 Å². The summed E-state index contributed by atoms with van der Waals surface area (Å²) in [4.78, 5) is 0. The highest BCUT2D eigenvalue weighted by molar-refractivity contribution is 5.51. The maximum absolute atomic E-state index is 5.17. The Kier molecular flexibility index (Phi) is 2.90. The molecule has 80 valence electrons. The van der Waals surface area contributed by atoms with Crippen LogP contribution in [0.15, 0.2) is 24.4 Å². The monoisotopic (exact) mass is 204 g/mol. The minimum atomic E-state index is 0.879. The van der Waals surface area contributed by atoms with Gasteiger partial charge in [0.15, 0.2) is 0 Å². The first-order valence-corrected chi connectivity index (χ1v) is 5.36. The lowest BCUT2D eigenvalue weighted by Crippen LogP contribution is -1.90. The third-order valence-electron chi connectivity index (χ3n) is 2.51. The molecule has 2 aromatic heterocycles. The molecule has 0 unspecified atom stereocenters. The summed E-state index contributed by atoms with van der Waals surface area (Å²) in [5.74, 6) is 0.879. The van der Waals surface area contributed by atoms with Gasteiger partial charge in [0.2, 0.25) is 0 Å². The van der Waals surface area contributed by atoms with Gasteiger partial charge in [-0.25, -0.2) is 4.52 Å². The van der Waals surface area contributed by atoms with Gasteiger partial charge in [-0.05, 0) is 25.0 Å². The van der Waals surface area contributed by atoms with Crippen molar-refractivity contribution in [3.8, 4) is 5.75 Å². The van der Waals surface area contributed by atoms with Crippen molar-refractivity contribution >= 4 is 5.52 Å². The summed E-state index contributed by atoms with van der Waals surface area (Å²) in [6, 6.07) is 6.05. The molecule has 3 heteroatoms. The lowest BCUT2D eigenvalue weighted by Gasteiger charge is -1.98. The van der Waals surface area contributed by atoms with Crippen molar-refractivity contribution in [2.75, 3.05) is 7.11 Å². The summed E-state index contributed by atoms with van der Waals surface area (Å²) in [5, 5.41) is 4.49. The SMILES string of the molecule is CCCCc1cc2cc(OC)ccn2n1. The number of ether oxygens (including phenoxy) is 1. The van der Waals surface area contributed by atoms with Crippen molar-refractivity contribution in [1.82, 2.24) is 9.61 Å². The molecule has 0 bridgehead atoms. The van der Waals surface area contributed by atoms with Crippen LogP contribution >= 0.6 is 0 Å². The van der Waals surface area contributed by atoms with Crippen molar-refractivity contribution in [2.45, 2.75) is 26.2 Å². The average Bonchev–Trinajstić information content (AvgIpc) is 2.67. The summed E-state index contributed by atoms with van der Waals surface area (Å²) < 4.78 is 7.07. The molecule has 0 N–H and O–H groups in total. The molecular formula is C12H16N2O. The Bertz CT molecular complexity index is 448. The van der Waals surface area contributed by atoms with Crippen molar-refractivity contribution in [1.29, 1.82) is 0 Å². The van der Waals surface area contributed by atoms with E-state index in [1.54, 1.807) is 7.11 Å². The molecule has 0 spiro atoms. The molecule has 0 amide bonds. The molecular weight excluding hydrogens is 188 g/mol. The van der Waals surface area contributed by atoms with Crippen molar-refractivity contribution in [3.63, 3.8) is 0 Å². The molecule has 0 aliphatic heterocycles. The summed E-state index contributed by atoms with van der Waals surface area (Å²) in [6.45, 7) is 2.19. The minimum absolute atomic E-state index is 0.879. The maximum atomic E-state index is 5.17. The Morgan fingerprint density at radius 2 is 2.27 bits per heavy atom. The van der Waals surface area contributed by atoms with Crippen molar-refractivity contribution in [3.05, 3.63) is 30.1 Å². The zero-order valence-electron chi connectivity index (χ0n) is 9.23. The number of nitrogens with zero attached hydrogens (tertiary/aromatic N) is 2. The second-order valence-electron chi connectivity index (χ2n) is 3.68. The van der Waals surface area contributed by atoms with Crippen LogP contribution in [-0.4, -0.2) is 16.7 Å². The van der Waals surface area contributed by atoms with E-state index in [0.717, 1.165) is 23.4 Å². The van der Waals surface area contributed by atoms with Gasteiger partial charge in [-0.2, -0.15) is 5.10 Å². The second kappa shape index (κ2) is 4.34. The van der Waals surface area contributed by atoms with Crippen LogP contribution in [0.4, 0.5) is 0 Å². The Labute approximate surface area is 89.7 Å². The molecule has 15 heavy (non-hydrogen) atoms. The summed E-state index contributed by atoms with van der Waals surface area (Å²) in [5.41, 5.74) is 2.26. The topological polar surface area (TPSA) is 26.5 Å². The number of aryl methyl sites for hydroxylation is 1. The molecule has 0 saturated carbocycles. The fraction of sp³-hybridized carbons (Fsp3) is 0.417. The van der Waals surface area contributed by atoms with E-state index in [1.807, 2.05) is 22.8 Å². The van der Waals surface area contributed by atoms with E-state index in [2.05, 4.69) is 18.1 Å². The zero-order valence-corrected chi connectivity index (χ0v) is 9.23. The predicted octanol–water partition coefficient (Wildman–Crippen LogP) is 2.69. The van der Waals surface area contributed by atoms with Gasteiger partial charge in [-0.15, -0.1) is 0 Å². The van der Waals surface area contributed by atoms with E-state index < -0.39 is 0 Å². The summed E-state index contributed by atoms with van der Waals surface area (Å²) in [7, 11) is 1.68. The smallest absolute Gasteiger partial charge is 0.122 e. The van der Waals surface area contributed by atoms with E-state index in [-0.39, 0.29) is 0 Å². The molecule has 2 aromatic rings. The first kappa shape index (κ1) is 10.0. The molecule has 0 radical (unpaired) electrons. The maximum Gasteiger partial charge on any atom is 0.122 e. The van der Waals surface area contributed by atoms with E-state index >= 15 is 0 Å². The van der Waals surface area contributed by atoms with Gasteiger partial charge in [0.1, 0.15) is 5.75 Å². The van der Waals surface area contributed by atoms with Gasteiger partial charge in [-0.3, -0.25) is 0 Å². The molecule has 0 saturated heterocycles. The fourth-order valence-electron chi connectivity index (χ4n) is 1.63. The Morgan fingerprint density at radius 3 is 3.00 bits per heavy atom. The average molecular weight is 204 g/mol. The molecule has 0 aliphatic rings. The van der Waals surface area contributed by atoms with Crippen LogP contribution in [-0.2, 0) is 6.42 Å². The standard InChI is InChI=1S/C12H16N2O/c1-3-4-5-10-8-11-9-12(15-2)6-7-14(11)13-10/h6-9H,3-5H2,1-2H3. The first-order chi connectivity index (χ1) is 7.33. The van der Waals surface area contributed by atoms with Gasteiger partial charge < -0.3 is 4.74 Å². The van der Waals surface area contributed by atoms with Gasteiger partial charge in [0.25, 0.3) is 0 Å². The summed E-state index contributed by atoms with van der Waals surface area (Å²) >= 11 is 0. The lowest BCUT2D eigenvalue weighted by molar-refractivity contribution is 0.414. The molecule has 3 nitrogen and oxygen atoms in total. The summed E-state index contributed by atoms with van der Waals surface area (Å²) in [6.07, 6.45) is 5.39. The number of pyridine rings is 1. The van der Waals surface area contributed by atoms with Crippen molar-refractivity contribution in [2.24, 2.45) is 0 Å². The lowest BCUT2D eigenvalue weighted by atomic mass is 10.2. The number of aromatic nitrogens is 2. The number of fused-ring (bicyclic) bond motifs is 1. The number of hydrogen-bond acceptors (Lipinski definition) is 2. The van der Waals surface area contributed by atoms with Crippen LogP contribution in [0.2, 0.25) is 0 Å². The predicted molar refractivity (Wildman–Crippen MR) is 60.4 cm³/mol. The van der Waals surface area contributed by atoms with Gasteiger partial charge in [0, 0.05) is 12.3 Å². The highest BCUT2D eigenvalue weighted by Gasteiger charge is 2.01. The molecule has 0 fully saturated rings. The first-order valence-electron chi connectivity index (χ1n) is 5.36. The van der Waals surface area contributed by atoms with E-state index in [1.165, 1.54) is 12.8 Å². The molecule has 2 heterocycles. The van der Waals surface area contributed by atoms with E-state index in [0.29, 0.717) is 0 Å². The molecule has 2 rings (SSSR count). The second-order valence-corrected chi connectivity index (χ2v) is 3.68. The Hall–Kier alpha value is -1.51. The van der Waals surface area contributed by atoms with Crippen LogP contribution in [0.25, 0.3) is 5.52 Å². The number of unbranched alkanes of at least 4 members (excludes halogenated alkanes) is 1. The van der Waals surface area contributed by atoms with Crippen LogP contribution in [0.5, 0.6) is 5.75 Å². The molecule has 0 atom stereocenters. The van der Waals surface area contributed by atoms with Crippen molar-refractivity contribution < 1.29 is 4.74 Å². The van der Waals surface area contributed by atoms with Crippen LogP contribution in [0.3, 0.4) is 0 Å². The minimum Gasteiger partial charge on any atom is -0.497 e. The zero-order chi connectivity index (χ0) is 10.7. The van der Waals surface area contributed by atoms with Crippen LogP contribution < -0.4 is 4.74 Å². The number of methoxy groups -OCH3 is 1. The number of rotatable bonds is 4. The Morgan fingerprint density at radius 1 is 1.40 bits per heavy atom. The molecule has 0 aromatic carbocycles. The highest BCUT2D eigenvalue weighted by atomic mass is 16.5.